The van der Waals surface area contributed by atoms with Crippen LogP contribution in [-0.4, -0.2) is 63.6 Å². The summed E-state index contributed by atoms with van der Waals surface area (Å²) in [7, 11) is 3.99. The van der Waals surface area contributed by atoms with Crippen molar-refractivity contribution >= 4 is 46.4 Å². The molecule has 1 aromatic heterocycles. The van der Waals surface area contributed by atoms with Crippen LogP contribution in [0.25, 0.3) is 0 Å². The van der Waals surface area contributed by atoms with E-state index in [4.69, 9.17) is 9.47 Å². The maximum Gasteiger partial charge on any atom is 0.191 e. The van der Waals surface area contributed by atoms with E-state index in [0.29, 0.717) is 19.8 Å². The third-order valence-corrected chi connectivity index (χ3v) is 4.58. The molecule has 9 heteroatoms. The topological polar surface area (TPSA) is 71.0 Å². The molecule has 1 aromatic rings. The van der Waals surface area contributed by atoms with E-state index in [1.165, 1.54) is 0 Å². The number of aromatic nitrogens is 1. The Morgan fingerprint density at radius 3 is 2.96 bits per heavy atom. The summed E-state index contributed by atoms with van der Waals surface area (Å²) in [6.07, 6.45) is 1.21. The van der Waals surface area contributed by atoms with Gasteiger partial charge >= 0.3 is 0 Å². The Morgan fingerprint density at radius 1 is 1.56 bits per heavy atom. The van der Waals surface area contributed by atoms with Gasteiger partial charge in [-0.15, -0.1) is 35.3 Å². The molecular formula is C16H30IN5O2S. The van der Waals surface area contributed by atoms with Crippen molar-refractivity contribution in [3.8, 4) is 0 Å². The lowest BCUT2D eigenvalue weighted by atomic mass is 10.3. The molecule has 144 valence electrons. The van der Waals surface area contributed by atoms with Gasteiger partial charge in [-0.2, -0.15) is 0 Å². The van der Waals surface area contributed by atoms with Crippen LogP contribution in [-0.2, 0) is 16.0 Å². The third-order valence-electron chi connectivity index (χ3n) is 3.52. The molecule has 2 rings (SSSR count). The van der Waals surface area contributed by atoms with Gasteiger partial charge < -0.3 is 25.0 Å². The quantitative estimate of drug-likeness (QED) is 0.335. The van der Waals surface area contributed by atoms with E-state index < -0.39 is 0 Å². The number of guanidine groups is 1. The molecule has 25 heavy (non-hydrogen) atoms. The number of nitrogens with zero attached hydrogens (tertiary/aromatic N) is 3. The van der Waals surface area contributed by atoms with Crippen LogP contribution < -0.4 is 15.5 Å². The zero-order valence-electron chi connectivity index (χ0n) is 15.4. The van der Waals surface area contributed by atoms with E-state index in [1.807, 2.05) is 19.0 Å². The maximum atomic E-state index is 5.85. The van der Waals surface area contributed by atoms with E-state index in [2.05, 4.69) is 39.8 Å². The summed E-state index contributed by atoms with van der Waals surface area (Å²) in [4.78, 5) is 11.2. The number of aliphatic imine (C=N–C) groups is 1. The molecule has 7 nitrogen and oxygen atoms in total. The highest BCUT2D eigenvalue weighted by Crippen LogP contribution is 2.18. The second kappa shape index (κ2) is 11.9. The van der Waals surface area contributed by atoms with E-state index in [1.54, 1.807) is 11.3 Å². The first-order chi connectivity index (χ1) is 11.6. The van der Waals surface area contributed by atoms with Crippen LogP contribution in [0.4, 0.5) is 5.13 Å². The second-order valence-electron chi connectivity index (χ2n) is 6.08. The number of anilines is 1. The Kier molecular flexibility index (Phi) is 10.6. The Balaban J connectivity index is 0.00000312. The largest absolute Gasteiger partial charge is 0.379 e. The summed E-state index contributed by atoms with van der Waals surface area (Å²) in [6.45, 7) is 7.68. The van der Waals surface area contributed by atoms with Crippen molar-refractivity contribution in [3.63, 3.8) is 0 Å². The highest BCUT2D eigenvalue weighted by Gasteiger charge is 2.17. The van der Waals surface area contributed by atoms with Crippen LogP contribution in [0.2, 0.25) is 0 Å². The van der Waals surface area contributed by atoms with Gasteiger partial charge in [0, 0.05) is 38.7 Å². The number of hydrogen-bond acceptors (Lipinski definition) is 6. The first kappa shape index (κ1) is 22.4. The van der Waals surface area contributed by atoms with Crippen molar-refractivity contribution in [2.75, 3.05) is 45.4 Å². The third kappa shape index (κ3) is 8.06. The molecule has 0 aromatic carbocycles. The van der Waals surface area contributed by atoms with E-state index in [-0.39, 0.29) is 36.1 Å². The molecule has 1 saturated heterocycles. The van der Waals surface area contributed by atoms with Crippen molar-refractivity contribution in [2.45, 2.75) is 39.0 Å². The fraction of sp³-hybridized carbons (Fsp3) is 0.750. The minimum absolute atomic E-state index is 0. The van der Waals surface area contributed by atoms with Gasteiger partial charge in [-0.1, -0.05) is 0 Å². The lowest BCUT2D eigenvalue weighted by Crippen LogP contribution is -2.44. The molecule has 2 heterocycles. The molecule has 2 unspecified atom stereocenters. The lowest BCUT2D eigenvalue weighted by molar-refractivity contribution is 0.0347. The molecule has 0 radical (unpaired) electrons. The molecule has 0 amide bonds. The van der Waals surface area contributed by atoms with Gasteiger partial charge in [0.05, 0.1) is 31.6 Å². The number of thiazole rings is 1. The summed E-state index contributed by atoms with van der Waals surface area (Å²) in [5, 5.41) is 9.69. The minimum atomic E-state index is 0. The molecular weight excluding hydrogens is 453 g/mol. The Bertz CT molecular complexity index is 520. The van der Waals surface area contributed by atoms with Crippen molar-refractivity contribution < 1.29 is 9.47 Å². The molecule has 0 saturated carbocycles. The van der Waals surface area contributed by atoms with Crippen molar-refractivity contribution in [1.82, 2.24) is 15.6 Å². The smallest absolute Gasteiger partial charge is 0.191 e. The number of rotatable bonds is 8. The second-order valence-corrected chi connectivity index (χ2v) is 6.91. The fourth-order valence-electron chi connectivity index (χ4n) is 2.25. The van der Waals surface area contributed by atoms with Crippen molar-refractivity contribution in [2.24, 2.45) is 4.99 Å². The first-order valence-electron chi connectivity index (χ1n) is 8.44. The predicted octanol–water partition coefficient (Wildman–Crippen LogP) is 2.08. The fourth-order valence-corrected chi connectivity index (χ4v) is 3.00. The van der Waals surface area contributed by atoms with Gasteiger partial charge in [-0.3, -0.25) is 0 Å². The zero-order chi connectivity index (χ0) is 17.4. The van der Waals surface area contributed by atoms with Gasteiger partial charge in [-0.05, 0) is 20.3 Å². The van der Waals surface area contributed by atoms with Crippen molar-refractivity contribution in [3.05, 3.63) is 11.1 Å². The van der Waals surface area contributed by atoms with E-state index >= 15 is 0 Å². The monoisotopic (exact) mass is 483 g/mol. The summed E-state index contributed by atoms with van der Waals surface area (Å²) in [5.74, 6) is 0.788. The summed E-state index contributed by atoms with van der Waals surface area (Å²) in [6, 6.07) is 0.177. The van der Waals surface area contributed by atoms with Gasteiger partial charge in [-0.25, -0.2) is 9.98 Å². The van der Waals surface area contributed by atoms with Crippen molar-refractivity contribution in [1.29, 1.82) is 0 Å². The molecule has 2 atom stereocenters. The summed E-state index contributed by atoms with van der Waals surface area (Å²) >= 11 is 1.63. The highest BCUT2D eigenvalue weighted by atomic mass is 127. The summed E-state index contributed by atoms with van der Waals surface area (Å²) < 4.78 is 11.2. The van der Waals surface area contributed by atoms with Gasteiger partial charge in [0.2, 0.25) is 0 Å². The molecule has 2 N–H and O–H groups in total. The van der Waals surface area contributed by atoms with E-state index in [0.717, 1.165) is 36.4 Å². The van der Waals surface area contributed by atoms with Crippen LogP contribution in [0.15, 0.2) is 10.4 Å². The van der Waals surface area contributed by atoms with Gasteiger partial charge in [0.25, 0.3) is 0 Å². The van der Waals surface area contributed by atoms with Crippen LogP contribution in [0.1, 0.15) is 26.0 Å². The molecule has 1 aliphatic heterocycles. The lowest BCUT2D eigenvalue weighted by Gasteiger charge is -2.19. The average Bonchev–Trinajstić information content (AvgIpc) is 3.22. The standard InChI is InChI=1S/C16H29N5O2S.HI/c1-5-17-15(18-8-13-11-24-16(20-13)21(3)4)19-12(2)9-23-14-6-7-22-10-14;/h11-12,14H,5-10H2,1-4H3,(H2,17,18,19);1H. The molecule has 0 aliphatic carbocycles. The Hall–Kier alpha value is -0.650. The Labute approximate surface area is 171 Å². The first-order valence-corrected chi connectivity index (χ1v) is 9.32. The zero-order valence-corrected chi connectivity index (χ0v) is 18.6. The Morgan fingerprint density at radius 2 is 2.36 bits per heavy atom. The van der Waals surface area contributed by atoms with Crippen LogP contribution in [0.5, 0.6) is 0 Å². The van der Waals surface area contributed by atoms with E-state index in [9.17, 15) is 0 Å². The minimum Gasteiger partial charge on any atom is -0.379 e. The number of nitrogens with one attached hydrogen (secondary N) is 2. The highest BCUT2D eigenvalue weighted by molar-refractivity contribution is 14.0. The van der Waals surface area contributed by atoms with Gasteiger partial charge in [0.1, 0.15) is 0 Å². The van der Waals surface area contributed by atoms with Crippen LogP contribution >= 0.6 is 35.3 Å². The normalized spacial score (nSPS) is 18.6. The number of halogens is 1. The maximum absolute atomic E-state index is 5.85. The van der Waals surface area contributed by atoms with Gasteiger partial charge in [0.15, 0.2) is 11.1 Å². The number of ether oxygens (including phenoxy) is 2. The van der Waals surface area contributed by atoms with Crippen LogP contribution in [0, 0.1) is 0 Å². The molecule has 1 aliphatic rings. The SMILES string of the molecule is CCNC(=NCc1csc(N(C)C)n1)NC(C)COC1CCOC1.I. The molecule has 0 spiro atoms. The van der Waals surface area contributed by atoms with Crippen LogP contribution in [0.3, 0.4) is 0 Å². The molecule has 1 fully saturated rings. The molecule has 0 bridgehead atoms. The number of hydrogen-bond donors (Lipinski definition) is 2. The average molecular weight is 483 g/mol. The predicted molar refractivity (Wildman–Crippen MR) is 114 cm³/mol. The summed E-state index contributed by atoms with van der Waals surface area (Å²) in [5.41, 5.74) is 0.980.